The highest BCUT2D eigenvalue weighted by Crippen LogP contribution is 2.42. The molecule has 0 radical (unpaired) electrons. The van der Waals surface area contributed by atoms with Gasteiger partial charge in [-0.1, -0.05) is 12.1 Å². The van der Waals surface area contributed by atoms with Gasteiger partial charge in [-0.3, -0.25) is 4.79 Å². The Bertz CT molecular complexity index is 805. The van der Waals surface area contributed by atoms with Gasteiger partial charge in [-0.25, -0.2) is 4.79 Å². The Morgan fingerprint density at radius 1 is 1.28 bits per heavy atom. The number of benzene rings is 1. The number of rotatable bonds is 2. The van der Waals surface area contributed by atoms with Crippen LogP contribution in [0.5, 0.6) is 0 Å². The van der Waals surface area contributed by atoms with Crippen LogP contribution in [0.3, 0.4) is 0 Å². The molecule has 130 valence electrons. The first-order valence-electron chi connectivity index (χ1n) is 8.50. The molecule has 0 saturated carbocycles. The third kappa shape index (κ3) is 3.14. The predicted molar refractivity (Wildman–Crippen MR) is 100 cm³/mol. The van der Waals surface area contributed by atoms with Gasteiger partial charge in [0.2, 0.25) is 5.91 Å². The Morgan fingerprint density at radius 3 is 2.92 bits per heavy atom. The second-order valence-electron chi connectivity index (χ2n) is 7.11. The molecule has 2 saturated heterocycles. The van der Waals surface area contributed by atoms with Crippen molar-refractivity contribution in [3.8, 4) is 0 Å². The molecular formula is C19H21N3O2S. The first-order chi connectivity index (χ1) is 12.0. The molecule has 2 aliphatic rings. The van der Waals surface area contributed by atoms with Gasteiger partial charge in [-0.05, 0) is 42.5 Å². The van der Waals surface area contributed by atoms with Crippen molar-refractivity contribution in [3.63, 3.8) is 0 Å². The lowest BCUT2D eigenvalue weighted by Crippen LogP contribution is -2.36. The summed E-state index contributed by atoms with van der Waals surface area (Å²) in [5.74, 6) is 0.166. The monoisotopic (exact) mass is 355 g/mol. The second-order valence-corrected chi connectivity index (χ2v) is 7.89. The van der Waals surface area contributed by atoms with E-state index in [-0.39, 0.29) is 17.4 Å². The summed E-state index contributed by atoms with van der Waals surface area (Å²) in [4.78, 5) is 28.7. The van der Waals surface area contributed by atoms with E-state index in [9.17, 15) is 9.59 Å². The zero-order valence-electron chi connectivity index (χ0n) is 14.2. The standard InChI is InChI=1S/C19H21N3O2S/c1-14-3-2-4-15(9-14)20-18(24)21-7-6-19(12-21)10-17(23)22(13-19)16-5-8-25-11-16/h2-5,8-9,11H,6-7,10,12-13H2,1H3,(H,20,24). The molecule has 2 fully saturated rings. The van der Waals surface area contributed by atoms with Gasteiger partial charge in [0.1, 0.15) is 0 Å². The lowest BCUT2D eigenvalue weighted by atomic mass is 9.86. The average molecular weight is 355 g/mol. The summed E-state index contributed by atoms with van der Waals surface area (Å²) >= 11 is 1.60. The summed E-state index contributed by atoms with van der Waals surface area (Å²) in [7, 11) is 0. The number of hydrogen-bond donors (Lipinski definition) is 1. The molecule has 4 rings (SSSR count). The van der Waals surface area contributed by atoms with E-state index in [1.165, 1.54) is 0 Å². The molecule has 6 heteroatoms. The highest BCUT2D eigenvalue weighted by atomic mass is 32.1. The van der Waals surface area contributed by atoms with Crippen molar-refractivity contribution >= 4 is 34.6 Å². The fraction of sp³-hybridized carbons (Fsp3) is 0.368. The van der Waals surface area contributed by atoms with Gasteiger partial charge >= 0.3 is 6.03 Å². The minimum Gasteiger partial charge on any atom is -0.324 e. The van der Waals surface area contributed by atoms with Crippen LogP contribution < -0.4 is 10.2 Å². The Kier molecular flexibility index (Phi) is 4.00. The second kappa shape index (κ2) is 6.19. The third-order valence-electron chi connectivity index (χ3n) is 5.13. The van der Waals surface area contributed by atoms with E-state index in [1.807, 2.05) is 57.8 Å². The minimum absolute atomic E-state index is 0.0797. The largest absolute Gasteiger partial charge is 0.324 e. The molecule has 3 amide bonds. The van der Waals surface area contributed by atoms with Gasteiger partial charge < -0.3 is 15.1 Å². The first kappa shape index (κ1) is 16.1. The highest BCUT2D eigenvalue weighted by molar-refractivity contribution is 7.08. The Balaban J connectivity index is 1.43. The van der Waals surface area contributed by atoms with Crippen LogP contribution in [-0.4, -0.2) is 36.5 Å². The van der Waals surface area contributed by atoms with Crippen molar-refractivity contribution in [2.45, 2.75) is 19.8 Å². The molecule has 1 unspecified atom stereocenters. The van der Waals surface area contributed by atoms with E-state index in [1.54, 1.807) is 11.3 Å². The van der Waals surface area contributed by atoms with Crippen molar-refractivity contribution in [1.82, 2.24) is 4.90 Å². The molecule has 1 aromatic carbocycles. The molecular weight excluding hydrogens is 334 g/mol. The van der Waals surface area contributed by atoms with Gasteiger partial charge in [0.05, 0.1) is 5.69 Å². The third-order valence-corrected chi connectivity index (χ3v) is 5.80. The summed E-state index contributed by atoms with van der Waals surface area (Å²) in [6.07, 6.45) is 1.40. The van der Waals surface area contributed by atoms with E-state index < -0.39 is 0 Å². The molecule has 2 aliphatic heterocycles. The maximum absolute atomic E-state index is 12.6. The number of likely N-dealkylation sites (tertiary alicyclic amines) is 1. The number of amides is 3. The summed E-state index contributed by atoms with van der Waals surface area (Å²) in [5, 5.41) is 6.97. The number of carbonyl (C=O) groups excluding carboxylic acids is 2. The van der Waals surface area contributed by atoms with Crippen molar-refractivity contribution in [1.29, 1.82) is 0 Å². The van der Waals surface area contributed by atoms with Crippen LogP contribution in [0.25, 0.3) is 0 Å². The first-order valence-corrected chi connectivity index (χ1v) is 9.44. The van der Waals surface area contributed by atoms with Crippen molar-refractivity contribution in [2.75, 3.05) is 29.9 Å². The summed E-state index contributed by atoms with van der Waals surface area (Å²) < 4.78 is 0. The predicted octanol–water partition coefficient (Wildman–Crippen LogP) is 3.72. The maximum atomic E-state index is 12.6. The topological polar surface area (TPSA) is 52.7 Å². The van der Waals surface area contributed by atoms with E-state index in [0.29, 0.717) is 26.1 Å². The number of hydrogen-bond acceptors (Lipinski definition) is 3. The lowest BCUT2D eigenvalue weighted by molar-refractivity contribution is -0.117. The van der Waals surface area contributed by atoms with Gasteiger partial charge in [-0.2, -0.15) is 11.3 Å². The molecule has 1 atom stereocenters. The van der Waals surface area contributed by atoms with Crippen molar-refractivity contribution in [2.24, 2.45) is 5.41 Å². The van der Waals surface area contributed by atoms with Crippen LogP contribution in [0.4, 0.5) is 16.2 Å². The fourth-order valence-corrected chi connectivity index (χ4v) is 4.49. The number of nitrogens with one attached hydrogen (secondary N) is 1. The summed E-state index contributed by atoms with van der Waals surface area (Å²) in [5.41, 5.74) is 2.80. The van der Waals surface area contributed by atoms with E-state index in [0.717, 1.165) is 23.4 Å². The van der Waals surface area contributed by atoms with Crippen LogP contribution in [-0.2, 0) is 4.79 Å². The molecule has 0 bridgehead atoms. The lowest BCUT2D eigenvalue weighted by Gasteiger charge is -2.24. The zero-order chi connectivity index (χ0) is 17.4. The van der Waals surface area contributed by atoms with Gasteiger partial charge in [-0.15, -0.1) is 0 Å². The SMILES string of the molecule is Cc1cccc(NC(=O)N2CCC3(CC(=O)N(c4ccsc4)C3)C2)c1. The zero-order valence-corrected chi connectivity index (χ0v) is 15.0. The number of aryl methyl sites for hydroxylation is 1. The number of nitrogens with zero attached hydrogens (tertiary/aromatic N) is 2. The fourth-order valence-electron chi connectivity index (χ4n) is 3.85. The van der Waals surface area contributed by atoms with Gasteiger partial charge in [0.25, 0.3) is 0 Å². The molecule has 3 heterocycles. The van der Waals surface area contributed by atoms with E-state index in [4.69, 9.17) is 0 Å². The minimum atomic E-state index is -0.108. The van der Waals surface area contributed by atoms with Gasteiger partial charge in [0, 0.05) is 42.5 Å². The van der Waals surface area contributed by atoms with Crippen molar-refractivity contribution in [3.05, 3.63) is 46.7 Å². The van der Waals surface area contributed by atoms with Gasteiger partial charge in [0.15, 0.2) is 0 Å². The molecule has 5 nitrogen and oxygen atoms in total. The maximum Gasteiger partial charge on any atom is 0.321 e. The number of thiophene rings is 1. The van der Waals surface area contributed by atoms with Crippen molar-refractivity contribution < 1.29 is 9.59 Å². The highest BCUT2D eigenvalue weighted by Gasteiger charge is 2.48. The van der Waals surface area contributed by atoms with Crippen LogP contribution in [0.2, 0.25) is 0 Å². The van der Waals surface area contributed by atoms with E-state index in [2.05, 4.69) is 5.32 Å². The van der Waals surface area contributed by atoms with Crippen LogP contribution >= 0.6 is 11.3 Å². The molecule has 1 N–H and O–H groups in total. The molecule has 25 heavy (non-hydrogen) atoms. The normalized spacial score (nSPS) is 22.8. The molecule has 0 aliphatic carbocycles. The number of carbonyl (C=O) groups is 2. The number of urea groups is 1. The average Bonchev–Trinajstić information content (AvgIpc) is 3.29. The Labute approximate surface area is 151 Å². The number of anilines is 2. The summed E-state index contributed by atoms with van der Waals surface area (Å²) in [6, 6.07) is 9.70. The Hall–Kier alpha value is -2.34. The quantitative estimate of drug-likeness (QED) is 0.893. The van der Waals surface area contributed by atoms with Crippen LogP contribution in [0, 0.1) is 12.3 Å². The van der Waals surface area contributed by atoms with E-state index >= 15 is 0 Å². The summed E-state index contributed by atoms with van der Waals surface area (Å²) in [6.45, 7) is 4.04. The molecule has 1 spiro atoms. The Morgan fingerprint density at radius 2 is 2.16 bits per heavy atom. The molecule has 2 aromatic rings. The van der Waals surface area contributed by atoms with Crippen LogP contribution in [0.1, 0.15) is 18.4 Å². The smallest absolute Gasteiger partial charge is 0.321 e. The van der Waals surface area contributed by atoms with Crippen LogP contribution in [0.15, 0.2) is 41.1 Å². The molecule has 1 aromatic heterocycles.